The number of unbranched alkanes of at least 4 members (excludes halogenated alkanes) is 27. The normalized spacial score (nSPS) is 22.4. The molecule has 0 aromatic carbocycles. The van der Waals surface area contributed by atoms with Gasteiger partial charge in [0.05, 0.1) is 12.9 Å². The van der Waals surface area contributed by atoms with Gasteiger partial charge in [-0.25, -0.2) is 4.57 Å². The van der Waals surface area contributed by atoms with Crippen LogP contribution in [0.5, 0.6) is 0 Å². The number of hydrogen-bond acceptors (Lipinski definition) is 11. The van der Waals surface area contributed by atoms with E-state index in [4.69, 9.17) is 18.5 Å². The number of carbonyl (C=O) groups is 1. The number of hydrogen-bond donors (Lipinski definition) is 6. The van der Waals surface area contributed by atoms with Gasteiger partial charge in [-0.2, -0.15) is 0 Å². The fourth-order valence-electron chi connectivity index (χ4n) is 7.49. The fourth-order valence-corrected chi connectivity index (χ4v) is 8.47. The van der Waals surface area contributed by atoms with E-state index in [1.54, 1.807) is 0 Å². The third kappa shape index (κ3) is 29.9. The van der Waals surface area contributed by atoms with Crippen molar-refractivity contribution in [2.75, 3.05) is 13.2 Å². The SMILES string of the molecule is CCCCCCCCCC/C=C\CCCCCCCCCC(=O)O[C@H](CO/C=C\CCCCCCCCCCCCCC)COP(=O)(O)OC1C(O)C(O)C(O)[C@@H](O)C1O. The smallest absolute Gasteiger partial charge is 0.472 e. The van der Waals surface area contributed by atoms with E-state index in [1.165, 1.54) is 141 Å². The molecule has 0 radical (unpaired) electrons. The molecule has 60 heavy (non-hydrogen) atoms. The number of aliphatic hydroxyl groups is 5. The molecule has 354 valence electrons. The van der Waals surface area contributed by atoms with Gasteiger partial charge in [-0.15, -0.1) is 0 Å². The molecule has 0 heterocycles. The first-order chi connectivity index (χ1) is 29.0. The molecular weight excluding hydrogens is 787 g/mol. The highest BCUT2D eigenvalue weighted by Crippen LogP contribution is 2.47. The molecule has 6 unspecified atom stereocenters. The third-order valence-electron chi connectivity index (χ3n) is 11.4. The van der Waals surface area contributed by atoms with E-state index in [0.717, 1.165) is 51.4 Å². The summed E-state index contributed by atoms with van der Waals surface area (Å²) in [5.41, 5.74) is 0. The van der Waals surface area contributed by atoms with E-state index >= 15 is 0 Å². The second kappa shape index (κ2) is 38.1. The van der Waals surface area contributed by atoms with Gasteiger partial charge in [-0.1, -0.05) is 174 Å². The summed E-state index contributed by atoms with van der Waals surface area (Å²) in [7, 11) is -5.03. The molecule has 0 aromatic rings. The quantitative estimate of drug-likeness (QED) is 0.0112. The van der Waals surface area contributed by atoms with Crippen LogP contribution >= 0.6 is 7.82 Å². The van der Waals surface area contributed by atoms with Gasteiger partial charge in [0.1, 0.15) is 43.2 Å². The topological polar surface area (TPSA) is 192 Å². The summed E-state index contributed by atoms with van der Waals surface area (Å²) < 4.78 is 34.0. The van der Waals surface area contributed by atoms with Crippen molar-refractivity contribution in [2.24, 2.45) is 0 Å². The van der Waals surface area contributed by atoms with Crippen molar-refractivity contribution in [2.45, 2.75) is 256 Å². The van der Waals surface area contributed by atoms with E-state index in [0.29, 0.717) is 6.42 Å². The number of allylic oxidation sites excluding steroid dienone is 3. The number of carbonyl (C=O) groups excluding carboxylic acids is 1. The number of phosphoric acid groups is 1. The first-order valence-corrected chi connectivity index (χ1v) is 25.7. The molecule has 13 heteroatoms. The van der Waals surface area contributed by atoms with Crippen LogP contribution in [-0.4, -0.2) is 92.3 Å². The third-order valence-corrected chi connectivity index (χ3v) is 12.4. The zero-order chi connectivity index (χ0) is 44.1. The van der Waals surface area contributed by atoms with Gasteiger partial charge in [-0.05, 0) is 51.0 Å². The van der Waals surface area contributed by atoms with E-state index in [2.05, 4.69) is 26.0 Å². The molecule has 8 atom stereocenters. The summed E-state index contributed by atoms with van der Waals surface area (Å²) in [5, 5.41) is 50.2. The molecular formula is C47H89O12P. The molecule has 0 bridgehead atoms. The number of aliphatic hydroxyl groups excluding tert-OH is 5. The Morgan fingerprint density at radius 1 is 0.517 bits per heavy atom. The Morgan fingerprint density at radius 2 is 0.883 bits per heavy atom. The molecule has 12 nitrogen and oxygen atoms in total. The van der Waals surface area contributed by atoms with E-state index in [1.807, 2.05) is 6.08 Å². The molecule has 1 saturated carbocycles. The van der Waals surface area contributed by atoms with Gasteiger partial charge in [-0.3, -0.25) is 13.8 Å². The minimum Gasteiger partial charge on any atom is -0.498 e. The van der Waals surface area contributed by atoms with Crippen LogP contribution in [0.4, 0.5) is 0 Å². The van der Waals surface area contributed by atoms with Gasteiger partial charge in [0.25, 0.3) is 0 Å². The van der Waals surface area contributed by atoms with Crippen LogP contribution < -0.4 is 0 Å². The lowest BCUT2D eigenvalue weighted by atomic mass is 9.85. The molecule has 0 spiro atoms. The zero-order valence-corrected chi connectivity index (χ0v) is 38.7. The molecule has 0 aliphatic heterocycles. The molecule has 1 fully saturated rings. The minimum atomic E-state index is -5.03. The van der Waals surface area contributed by atoms with Crippen LogP contribution in [0.3, 0.4) is 0 Å². The second-order valence-corrected chi connectivity index (χ2v) is 18.4. The van der Waals surface area contributed by atoms with Crippen molar-refractivity contribution < 1.29 is 58.3 Å². The van der Waals surface area contributed by atoms with Gasteiger partial charge in [0.15, 0.2) is 6.10 Å². The van der Waals surface area contributed by atoms with Crippen molar-refractivity contribution in [1.82, 2.24) is 0 Å². The van der Waals surface area contributed by atoms with Crippen molar-refractivity contribution in [1.29, 1.82) is 0 Å². The average molecular weight is 877 g/mol. The summed E-state index contributed by atoms with van der Waals surface area (Å²) in [6.45, 7) is 3.73. The number of phosphoric ester groups is 1. The summed E-state index contributed by atoms with van der Waals surface area (Å²) in [4.78, 5) is 23.2. The van der Waals surface area contributed by atoms with Crippen LogP contribution in [0.2, 0.25) is 0 Å². The lowest BCUT2D eigenvalue weighted by Gasteiger charge is -2.41. The predicted octanol–water partition coefficient (Wildman–Crippen LogP) is 10.4. The van der Waals surface area contributed by atoms with Crippen LogP contribution in [0.25, 0.3) is 0 Å². The highest BCUT2D eigenvalue weighted by Gasteiger charge is 2.51. The van der Waals surface area contributed by atoms with Gasteiger partial charge < -0.3 is 39.9 Å². The predicted molar refractivity (Wildman–Crippen MR) is 239 cm³/mol. The van der Waals surface area contributed by atoms with Crippen molar-refractivity contribution in [3.05, 3.63) is 24.5 Å². The number of esters is 1. The summed E-state index contributed by atoms with van der Waals surface area (Å²) in [6, 6.07) is 0. The highest BCUT2D eigenvalue weighted by atomic mass is 31.2. The van der Waals surface area contributed by atoms with Crippen LogP contribution in [-0.2, 0) is 27.9 Å². The number of rotatable bonds is 41. The first kappa shape index (κ1) is 56.7. The van der Waals surface area contributed by atoms with E-state index in [9.17, 15) is 39.8 Å². The van der Waals surface area contributed by atoms with Gasteiger partial charge in [0.2, 0.25) is 0 Å². The Hall–Kier alpha value is -1.34. The molecule has 6 N–H and O–H groups in total. The van der Waals surface area contributed by atoms with Crippen molar-refractivity contribution >= 4 is 13.8 Å². The Bertz CT molecular complexity index is 1090. The van der Waals surface area contributed by atoms with Crippen LogP contribution in [0, 0.1) is 0 Å². The first-order valence-electron chi connectivity index (χ1n) is 24.2. The molecule has 1 aliphatic carbocycles. The average Bonchev–Trinajstić information content (AvgIpc) is 3.23. The van der Waals surface area contributed by atoms with Crippen LogP contribution in [0.15, 0.2) is 24.5 Å². The Morgan fingerprint density at radius 3 is 1.32 bits per heavy atom. The lowest BCUT2D eigenvalue weighted by molar-refractivity contribution is -0.220. The highest BCUT2D eigenvalue weighted by molar-refractivity contribution is 7.47. The van der Waals surface area contributed by atoms with E-state index < -0.39 is 63.1 Å². The summed E-state index contributed by atoms with van der Waals surface area (Å²) in [6.07, 6.45) is 31.8. The summed E-state index contributed by atoms with van der Waals surface area (Å²) >= 11 is 0. The molecule has 0 amide bonds. The Balaban J connectivity index is 2.39. The fraction of sp³-hybridized carbons (Fsp3) is 0.894. The standard InChI is InChI=1S/C47H89O12P/c1-3-5-7-9-11-13-15-17-19-20-21-22-23-24-26-28-30-32-34-36-41(48)58-40(38-56-37-35-33-31-29-27-25-18-16-14-12-10-8-6-4-2)39-57-60(54,55)59-47-45(52)43(50)42(49)44(51)46(47)53/h20-21,35,37,40,42-47,49-53H,3-19,22-34,36,38-39H2,1-2H3,(H,54,55)/b21-20-,37-35-/t40-,42?,43-,44?,45?,46?,47?/m1/s1. The maximum absolute atomic E-state index is 12.8. The lowest BCUT2D eigenvalue weighted by Crippen LogP contribution is -2.64. The minimum absolute atomic E-state index is 0.159. The van der Waals surface area contributed by atoms with Crippen molar-refractivity contribution in [3.8, 4) is 0 Å². The monoisotopic (exact) mass is 877 g/mol. The van der Waals surface area contributed by atoms with Crippen molar-refractivity contribution in [3.63, 3.8) is 0 Å². The Labute approximate surface area is 364 Å². The summed E-state index contributed by atoms with van der Waals surface area (Å²) in [5.74, 6) is -0.501. The van der Waals surface area contributed by atoms with Gasteiger partial charge in [0, 0.05) is 6.42 Å². The number of ether oxygens (including phenoxy) is 2. The zero-order valence-electron chi connectivity index (χ0n) is 37.8. The molecule has 1 rings (SSSR count). The molecule has 0 saturated heterocycles. The molecule has 1 aliphatic rings. The van der Waals surface area contributed by atoms with Crippen LogP contribution in [0.1, 0.15) is 213 Å². The largest absolute Gasteiger partial charge is 0.498 e. The maximum Gasteiger partial charge on any atom is 0.472 e. The van der Waals surface area contributed by atoms with E-state index in [-0.39, 0.29) is 13.0 Å². The van der Waals surface area contributed by atoms with Gasteiger partial charge >= 0.3 is 13.8 Å². The maximum atomic E-state index is 12.8. The Kier molecular flexibility index (Phi) is 36.0. The molecule has 0 aromatic heterocycles. The second-order valence-electron chi connectivity index (χ2n) is 17.0.